The van der Waals surface area contributed by atoms with Crippen LogP contribution in [0.1, 0.15) is 12.5 Å². The van der Waals surface area contributed by atoms with Gasteiger partial charge in [0, 0.05) is 13.5 Å². The van der Waals surface area contributed by atoms with Gasteiger partial charge in [-0.05, 0) is 17.8 Å². The minimum absolute atomic E-state index is 0.182. The monoisotopic (exact) mass is 223 g/mol. The summed E-state index contributed by atoms with van der Waals surface area (Å²) in [5.41, 5.74) is 6.09. The van der Waals surface area contributed by atoms with E-state index in [1.165, 1.54) is 6.92 Å². The third-order valence-electron chi connectivity index (χ3n) is 1.65. The molecule has 0 bridgehead atoms. The number of benzene rings is 1. The zero-order valence-electron chi connectivity index (χ0n) is 8.41. The summed E-state index contributed by atoms with van der Waals surface area (Å²) in [7, 11) is 0. The van der Waals surface area contributed by atoms with E-state index in [1.54, 1.807) is 0 Å². The molecule has 80 valence electrons. The summed E-state index contributed by atoms with van der Waals surface area (Å²) < 4.78 is 0. The third-order valence-corrected chi connectivity index (χ3v) is 1.89. The van der Waals surface area contributed by atoms with E-state index in [4.69, 9.17) is 12.2 Å². The Balaban J connectivity index is 2.26. The van der Waals surface area contributed by atoms with Crippen LogP contribution in [0.5, 0.6) is 0 Å². The molecule has 1 rings (SSSR count). The van der Waals surface area contributed by atoms with E-state index in [2.05, 4.69) is 16.2 Å². The molecule has 15 heavy (non-hydrogen) atoms. The van der Waals surface area contributed by atoms with Crippen molar-refractivity contribution in [2.45, 2.75) is 13.5 Å². The molecule has 0 aliphatic carbocycles. The van der Waals surface area contributed by atoms with Crippen LogP contribution in [0, 0.1) is 0 Å². The zero-order chi connectivity index (χ0) is 11.1. The highest BCUT2D eigenvalue weighted by atomic mass is 32.1. The van der Waals surface area contributed by atoms with Crippen LogP contribution in [0.3, 0.4) is 0 Å². The second-order valence-electron chi connectivity index (χ2n) is 2.97. The number of nitrogens with one attached hydrogen (secondary N) is 3. The molecule has 0 fully saturated rings. The Morgan fingerprint density at radius 3 is 2.53 bits per heavy atom. The summed E-state index contributed by atoms with van der Waals surface area (Å²) in [6.45, 7) is 2.04. The molecule has 0 atom stereocenters. The highest BCUT2D eigenvalue weighted by Gasteiger charge is 1.95. The van der Waals surface area contributed by atoms with Crippen molar-refractivity contribution in [1.82, 2.24) is 16.2 Å². The molecule has 0 radical (unpaired) electrons. The van der Waals surface area contributed by atoms with Crippen LogP contribution in [-0.2, 0) is 11.3 Å². The maximum Gasteiger partial charge on any atom is 0.235 e. The molecular formula is C10H13N3OS. The van der Waals surface area contributed by atoms with E-state index in [0.29, 0.717) is 11.7 Å². The Bertz CT molecular complexity index is 340. The number of carbonyl (C=O) groups excluding carboxylic acids is 1. The largest absolute Gasteiger partial charge is 0.357 e. The van der Waals surface area contributed by atoms with E-state index in [0.717, 1.165) is 5.56 Å². The average Bonchev–Trinajstić information content (AvgIpc) is 2.25. The molecular weight excluding hydrogens is 210 g/mol. The van der Waals surface area contributed by atoms with Gasteiger partial charge in [-0.2, -0.15) is 0 Å². The number of carbonyl (C=O) groups is 1. The van der Waals surface area contributed by atoms with Crippen molar-refractivity contribution in [3.63, 3.8) is 0 Å². The molecule has 0 saturated heterocycles. The first-order valence-corrected chi connectivity index (χ1v) is 4.93. The number of amides is 1. The molecule has 1 aromatic carbocycles. The van der Waals surface area contributed by atoms with Crippen LogP contribution < -0.4 is 16.2 Å². The standard InChI is InChI=1S/C10H13N3OS/c1-8(14)12-13-10(15)11-7-9-5-3-2-4-6-9/h2-6H,7H2,1H3,(H,12,14)(H2,11,13,15). The Hall–Kier alpha value is -1.62. The molecule has 0 unspecified atom stereocenters. The molecule has 0 spiro atoms. The molecule has 1 amide bonds. The van der Waals surface area contributed by atoms with Gasteiger partial charge in [0.2, 0.25) is 5.91 Å². The van der Waals surface area contributed by atoms with Crippen molar-refractivity contribution in [2.24, 2.45) is 0 Å². The van der Waals surface area contributed by atoms with Gasteiger partial charge in [-0.15, -0.1) is 0 Å². The third kappa shape index (κ3) is 4.97. The number of hydrogen-bond donors (Lipinski definition) is 3. The summed E-state index contributed by atoms with van der Waals surface area (Å²) in [6, 6.07) is 9.86. The number of hydrazine groups is 1. The summed E-state index contributed by atoms with van der Waals surface area (Å²) in [4.78, 5) is 10.6. The Kier molecular flexibility index (Phi) is 4.56. The predicted octanol–water partition coefficient (Wildman–Crippen LogP) is 0.702. The van der Waals surface area contributed by atoms with Crippen molar-refractivity contribution in [2.75, 3.05) is 0 Å². The quantitative estimate of drug-likeness (QED) is 0.510. The maximum atomic E-state index is 10.6. The van der Waals surface area contributed by atoms with Gasteiger partial charge in [-0.1, -0.05) is 30.3 Å². The highest BCUT2D eigenvalue weighted by Crippen LogP contribution is 1.96. The van der Waals surface area contributed by atoms with Gasteiger partial charge in [-0.3, -0.25) is 15.6 Å². The summed E-state index contributed by atoms with van der Waals surface area (Å²) in [5.74, 6) is -0.182. The van der Waals surface area contributed by atoms with Crippen molar-refractivity contribution >= 4 is 23.2 Å². The lowest BCUT2D eigenvalue weighted by molar-refractivity contribution is -0.119. The molecule has 5 heteroatoms. The van der Waals surface area contributed by atoms with Crippen LogP contribution in [0.15, 0.2) is 30.3 Å². The van der Waals surface area contributed by atoms with Gasteiger partial charge in [0.05, 0.1) is 0 Å². The van der Waals surface area contributed by atoms with Crippen LogP contribution in [-0.4, -0.2) is 11.0 Å². The van der Waals surface area contributed by atoms with E-state index >= 15 is 0 Å². The fraction of sp³-hybridized carbons (Fsp3) is 0.200. The normalized spacial score (nSPS) is 9.13. The Morgan fingerprint density at radius 1 is 1.27 bits per heavy atom. The lowest BCUT2D eigenvalue weighted by Crippen LogP contribution is -2.45. The molecule has 1 aromatic rings. The van der Waals surface area contributed by atoms with Gasteiger partial charge in [0.25, 0.3) is 0 Å². The van der Waals surface area contributed by atoms with Crippen LogP contribution in [0.2, 0.25) is 0 Å². The Labute approximate surface area is 94.0 Å². The zero-order valence-corrected chi connectivity index (χ0v) is 9.23. The number of hydrogen-bond acceptors (Lipinski definition) is 2. The second kappa shape index (κ2) is 5.98. The van der Waals surface area contributed by atoms with Crippen molar-refractivity contribution in [3.05, 3.63) is 35.9 Å². The lowest BCUT2D eigenvalue weighted by atomic mass is 10.2. The fourth-order valence-electron chi connectivity index (χ4n) is 0.967. The first-order valence-electron chi connectivity index (χ1n) is 4.53. The second-order valence-corrected chi connectivity index (χ2v) is 3.38. The number of thiocarbonyl (C=S) groups is 1. The van der Waals surface area contributed by atoms with Gasteiger partial charge < -0.3 is 5.32 Å². The fourth-order valence-corrected chi connectivity index (χ4v) is 1.09. The summed E-state index contributed by atoms with van der Waals surface area (Å²) in [6.07, 6.45) is 0. The average molecular weight is 223 g/mol. The van der Waals surface area contributed by atoms with Crippen molar-refractivity contribution in [3.8, 4) is 0 Å². The molecule has 4 nitrogen and oxygen atoms in total. The topological polar surface area (TPSA) is 53.2 Å². The first-order chi connectivity index (χ1) is 7.18. The van der Waals surface area contributed by atoms with Crippen LogP contribution in [0.25, 0.3) is 0 Å². The Morgan fingerprint density at radius 2 is 1.93 bits per heavy atom. The number of rotatable bonds is 2. The highest BCUT2D eigenvalue weighted by molar-refractivity contribution is 7.80. The van der Waals surface area contributed by atoms with Crippen LogP contribution >= 0.6 is 12.2 Å². The molecule has 0 aromatic heterocycles. The van der Waals surface area contributed by atoms with E-state index in [9.17, 15) is 4.79 Å². The molecule has 0 saturated carbocycles. The first kappa shape index (κ1) is 11.5. The minimum Gasteiger partial charge on any atom is -0.357 e. The smallest absolute Gasteiger partial charge is 0.235 e. The molecule has 0 aliphatic heterocycles. The van der Waals surface area contributed by atoms with Gasteiger partial charge in [0.15, 0.2) is 5.11 Å². The van der Waals surface area contributed by atoms with Crippen molar-refractivity contribution in [1.29, 1.82) is 0 Å². The molecule has 3 N–H and O–H groups in total. The van der Waals surface area contributed by atoms with E-state index in [1.807, 2.05) is 30.3 Å². The van der Waals surface area contributed by atoms with Gasteiger partial charge in [-0.25, -0.2) is 0 Å². The maximum absolute atomic E-state index is 10.6. The predicted molar refractivity (Wildman–Crippen MR) is 62.8 cm³/mol. The minimum atomic E-state index is -0.182. The van der Waals surface area contributed by atoms with Crippen molar-refractivity contribution < 1.29 is 4.79 Å². The van der Waals surface area contributed by atoms with Gasteiger partial charge in [0.1, 0.15) is 0 Å². The molecule has 0 aliphatic rings. The SMILES string of the molecule is CC(=O)NNC(=S)NCc1ccccc1. The lowest BCUT2D eigenvalue weighted by Gasteiger charge is -2.10. The van der Waals surface area contributed by atoms with Crippen LogP contribution in [0.4, 0.5) is 0 Å². The summed E-state index contributed by atoms with van der Waals surface area (Å²) >= 11 is 4.93. The van der Waals surface area contributed by atoms with Gasteiger partial charge >= 0.3 is 0 Å². The summed E-state index contributed by atoms with van der Waals surface area (Å²) in [5, 5.41) is 3.36. The van der Waals surface area contributed by atoms with E-state index < -0.39 is 0 Å². The van der Waals surface area contributed by atoms with E-state index in [-0.39, 0.29) is 5.91 Å². The molecule has 0 heterocycles.